The molecule has 0 fully saturated rings. The van der Waals surface area contributed by atoms with Gasteiger partial charge in [0, 0.05) is 18.0 Å². The molecule has 2 rings (SSSR count). The molecule has 2 aromatic carbocycles. The molecule has 0 spiro atoms. The molecule has 1 amide bonds. The van der Waals surface area contributed by atoms with Crippen LogP contribution in [-0.4, -0.2) is 19.0 Å². The first kappa shape index (κ1) is 15.6. The van der Waals surface area contributed by atoms with Crippen molar-refractivity contribution in [1.29, 1.82) is 0 Å². The van der Waals surface area contributed by atoms with E-state index in [9.17, 15) is 14.7 Å². The van der Waals surface area contributed by atoms with E-state index in [0.29, 0.717) is 16.9 Å². The monoisotopic (exact) mass is 298 g/mol. The van der Waals surface area contributed by atoms with Crippen molar-refractivity contribution in [2.75, 3.05) is 7.11 Å². The average molecular weight is 298 g/mol. The SMILES string of the molecule is COc1ccc(C(CC(=O)[O-])NC(=O)c2ccccc2)cc1. The van der Waals surface area contributed by atoms with E-state index in [1.165, 1.54) is 0 Å². The van der Waals surface area contributed by atoms with E-state index in [2.05, 4.69) is 5.32 Å². The van der Waals surface area contributed by atoms with Crippen molar-refractivity contribution in [1.82, 2.24) is 5.32 Å². The van der Waals surface area contributed by atoms with Gasteiger partial charge in [0.25, 0.3) is 5.91 Å². The number of hydrogen-bond acceptors (Lipinski definition) is 4. The Hall–Kier alpha value is -2.82. The molecule has 0 aliphatic heterocycles. The molecular formula is C17H16NO4-. The molecule has 0 saturated heterocycles. The quantitative estimate of drug-likeness (QED) is 0.872. The summed E-state index contributed by atoms with van der Waals surface area (Å²) in [6, 6.07) is 14.8. The van der Waals surface area contributed by atoms with Crippen LogP contribution in [0.4, 0.5) is 0 Å². The number of carbonyl (C=O) groups excluding carboxylic acids is 2. The number of rotatable bonds is 6. The first-order chi connectivity index (χ1) is 10.6. The zero-order valence-electron chi connectivity index (χ0n) is 12.1. The van der Waals surface area contributed by atoms with Crippen LogP contribution < -0.4 is 15.2 Å². The topological polar surface area (TPSA) is 78.5 Å². The van der Waals surface area contributed by atoms with Crippen molar-refractivity contribution in [3.63, 3.8) is 0 Å². The van der Waals surface area contributed by atoms with Gasteiger partial charge in [-0.25, -0.2) is 0 Å². The molecule has 2 aromatic rings. The maximum absolute atomic E-state index is 12.2. The lowest BCUT2D eigenvalue weighted by Crippen LogP contribution is -2.34. The standard InChI is InChI=1S/C17H17NO4/c1-22-14-9-7-12(8-10-14)15(11-16(19)20)18-17(21)13-5-3-2-4-6-13/h2-10,15H,11H2,1H3,(H,18,21)(H,19,20)/p-1. The smallest absolute Gasteiger partial charge is 0.251 e. The highest BCUT2D eigenvalue weighted by Crippen LogP contribution is 2.20. The molecule has 0 aliphatic rings. The summed E-state index contributed by atoms with van der Waals surface area (Å²) in [5.74, 6) is -0.901. The van der Waals surface area contributed by atoms with Crippen LogP contribution in [0.2, 0.25) is 0 Å². The van der Waals surface area contributed by atoms with Crippen LogP contribution in [-0.2, 0) is 4.79 Å². The number of nitrogens with one attached hydrogen (secondary N) is 1. The van der Waals surface area contributed by atoms with Crippen LogP contribution in [0.5, 0.6) is 5.75 Å². The molecule has 0 heterocycles. The van der Waals surface area contributed by atoms with Gasteiger partial charge in [-0.3, -0.25) is 4.79 Å². The minimum atomic E-state index is -1.23. The van der Waals surface area contributed by atoms with Crippen LogP contribution >= 0.6 is 0 Å². The number of amides is 1. The molecule has 0 aromatic heterocycles. The maximum Gasteiger partial charge on any atom is 0.251 e. The second kappa shape index (κ2) is 7.26. The van der Waals surface area contributed by atoms with Gasteiger partial charge < -0.3 is 20.0 Å². The molecule has 5 nitrogen and oxygen atoms in total. The van der Waals surface area contributed by atoms with Crippen molar-refractivity contribution < 1.29 is 19.4 Å². The summed E-state index contributed by atoms with van der Waals surface area (Å²) in [6.45, 7) is 0. The summed E-state index contributed by atoms with van der Waals surface area (Å²) >= 11 is 0. The Kier molecular flexibility index (Phi) is 5.14. The van der Waals surface area contributed by atoms with Crippen LogP contribution in [0.25, 0.3) is 0 Å². The predicted octanol–water partition coefficient (Wildman–Crippen LogP) is 1.31. The summed E-state index contributed by atoms with van der Waals surface area (Å²) in [5, 5.41) is 13.7. The fourth-order valence-corrected chi connectivity index (χ4v) is 2.09. The van der Waals surface area contributed by atoms with E-state index < -0.39 is 12.0 Å². The molecule has 5 heteroatoms. The zero-order valence-corrected chi connectivity index (χ0v) is 12.1. The highest BCUT2D eigenvalue weighted by Gasteiger charge is 2.16. The summed E-state index contributed by atoms with van der Waals surface area (Å²) in [4.78, 5) is 23.1. The first-order valence-electron chi connectivity index (χ1n) is 6.80. The Balaban J connectivity index is 2.18. The second-order valence-corrected chi connectivity index (χ2v) is 4.74. The predicted molar refractivity (Wildman–Crippen MR) is 79.3 cm³/mol. The number of ether oxygens (including phenoxy) is 1. The first-order valence-corrected chi connectivity index (χ1v) is 6.80. The van der Waals surface area contributed by atoms with Gasteiger partial charge in [-0.1, -0.05) is 30.3 Å². The maximum atomic E-state index is 12.2. The third-order valence-corrected chi connectivity index (χ3v) is 3.23. The Morgan fingerprint density at radius 2 is 1.73 bits per heavy atom. The van der Waals surface area contributed by atoms with Crippen molar-refractivity contribution in [3.05, 3.63) is 65.7 Å². The van der Waals surface area contributed by atoms with E-state index in [0.717, 1.165) is 0 Å². The van der Waals surface area contributed by atoms with Crippen LogP contribution in [0.1, 0.15) is 28.4 Å². The molecule has 22 heavy (non-hydrogen) atoms. The number of aliphatic carboxylic acids is 1. The van der Waals surface area contributed by atoms with Gasteiger partial charge in [0.1, 0.15) is 5.75 Å². The van der Waals surface area contributed by atoms with Gasteiger partial charge in [-0.2, -0.15) is 0 Å². The highest BCUT2D eigenvalue weighted by molar-refractivity contribution is 5.94. The Morgan fingerprint density at radius 1 is 1.09 bits per heavy atom. The molecule has 0 bridgehead atoms. The van der Waals surface area contributed by atoms with Crippen molar-refractivity contribution >= 4 is 11.9 Å². The third-order valence-electron chi connectivity index (χ3n) is 3.23. The van der Waals surface area contributed by atoms with Crippen LogP contribution in [0.15, 0.2) is 54.6 Å². The van der Waals surface area contributed by atoms with Gasteiger partial charge in [0.2, 0.25) is 0 Å². The molecule has 114 valence electrons. The number of carbonyl (C=O) groups is 2. The van der Waals surface area contributed by atoms with Crippen molar-refractivity contribution in [3.8, 4) is 5.75 Å². The lowest BCUT2D eigenvalue weighted by molar-refractivity contribution is -0.306. The number of hydrogen-bond donors (Lipinski definition) is 1. The average Bonchev–Trinajstić information content (AvgIpc) is 2.54. The normalized spacial score (nSPS) is 11.5. The molecule has 1 N–H and O–H groups in total. The van der Waals surface area contributed by atoms with Gasteiger partial charge >= 0.3 is 0 Å². The zero-order chi connectivity index (χ0) is 15.9. The number of carboxylic acids is 1. The van der Waals surface area contributed by atoms with E-state index in [1.807, 2.05) is 0 Å². The van der Waals surface area contributed by atoms with E-state index in [1.54, 1.807) is 61.7 Å². The molecule has 0 saturated carbocycles. The van der Waals surface area contributed by atoms with Gasteiger partial charge in [0.15, 0.2) is 0 Å². The minimum absolute atomic E-state index is 0.301. The Morgan fingerprint density at radius 3 is 2.27 bits per heavy atom. The fourth-order valence-electron chi connectivity index (χ4n) is 2.09. The summed E-state index contributed by atoms with van der Waals surface area (Å²) in [6.07, 6.45) is -0.301. The molecular weight excluding hydrogens is 282 g/mol. The van der Waals surface area contributed by atoms with Crippen molar-refractivity contribution in [2.45, 2.75) is 12.5 Å². The van der Waals surface area contributed by atoms with Gasteiger partial charge in [-0.15, -0.1) is 0 Å². The minimum Gasteiger partial charge on any atom is -0.550 e. The molecule has 1 atom stereocenters. The van der Waals surface area contributed by atoms with E-state index >= 15 is 0 Å². The van der Waals surface area contributed by atoms with Crippen LogP contribution in [0.3, 0.4) is 0 Å². The third kappa shape index (κ3) is 4.09. The number of methoxy groups -OCH3 is 1. The largest absolute Gasteiger partial charge is 0.550 e. The number of benzene rings is 2. The molecule has 0 aliphatic carbocycles. The van der Waals surface area contributed by atoms with Crippen molar-refractivity contribution in [2.24, 2.45) is 0 Å². The lowest BCUT2D eigenvalue weighted by Gasteiger charge is -2.20. The summed E-state index contributed by atoms with van der Waals surface area (Å²) < 4.78 is 5.06. The lowest BCUT2D eigenvalue weighted by atomic mass is 10.0. The Labute approximate surface area is 128 Å². The van der Waals surface area contributed by atoms with E-state index in [4.69, 9.17) is 4.74 Å². The highest BCUT2D eigenvalue weighted by atomic mass is 16.5. The van der Waals surface area contributed by atoms with Gasteiger partial charge in [0.05, 0.1) is 13.2 Å². The molecule has 1 unspecified atom stereocenters. The summed E-state index contributed by atoms with van der Waals surface area (Å²) in [5.41, 5.74) is 1.15. The second-order valence-electron chi connectivity index (χ2n) is 4.74. The summed E-state index contributed by atoms with van der Waals surface area (Å²) in [7, 11) is 1.55. The number of carboxylic acid groups (broad SMARTS) is 1. The van der Waals surface area contributed by atoms with Crippen LogP contribution in [0, 0.1) is 0 Å². The Bertz CT molecular complexity index is 637. The van der Waals surface area contributed by atoms with Gasteiger partial charge in [-0.05, 0) is 29.8 Å². The molecule has 0 radical (unpaired) electrons. The fraction of sp³-hybridized carbons (Fsp3) is 0.176. The van der Waals surface area contributed by atoms with E-state index in [-0.39, 0.29) is 12.3 Å².